The Bertz CT molecular complexity index is 1720. The fraction of sp³-hybridized carbons (Fsp3) is 0.290. The molecule has 0 saturated heterocycles. The first-order valence-corrected chi connectivity index (χ1v) is 13.6. The molecule has 0 unspecified atom stereocenters. The van der Waals surface area contributed by atoms with E-state index in [2.05, 4.69) is 20.7 Å². The first-order valence-electron chi connectivity index (χ1n) is 13.6. The molecule has 6 rings (SSSR count). The van der Waals surface area contributed by atoms with Gasteiger partial charge in [-0.25, -0.2) is 9.50 Å². The van der Waals surface area contributed by atoms with Gasteiger partial charge in [-0.05, 0) is 62.4 Å². The summed E-state index contributed by atoms with van der Waals surface area (Å²) in [5, 5.41) is 12.7. The number of aromatic nitrogens is 4. The molecular formula is C31H32N6O2. The summed E-state index contributed by atoms with van der Waals surface area (Å²) in [6.45, 7) is 3.70. The summed E-state index contributed by atoms with van der Waals surface area (Å²) >= 11 is 0. The summed E-state index contributed by atoms with van der Waals surface area (Å²) in [5.74, 6) is -0.284. The molecular weight excluding hydrogens is 488 g/mol. The molecule has 1 atom stereocenters. The van der Waals surface area contributed by atoms with Crippen LogP contribution in [0, 0.1) is 6.92 Å². The number of anilines is 1. The average molecular weight is 521 g/mol. The number of carbonyl (C=O) groups is 1. The number of hydrogen-bond donors (Lipinski definition) is 2. The van der Waals surface area contributed by atoms with E-state index < -0.39 is 6.04 Å². The van der Waals surface area contributed by atoms with Crippen LogP contribution in [-0.4, -0.2) is 31.1 Å². The van der Waals surface area contributed by atoms with Crippen LogP contribution in [0.4, 0.5) is 5.69 Å². The number of nitrogens with zero attached hydrogens (tertiary/aromatic N) is 4. The van der Waals surface area contributed by atoms with Gasteiger partial charge in [0.15, 0.2) is 5.65 Å². The van der Waals surface area contributed by atoms with Crippen molar-refractivity contribution in [2.75, 3.05) is 5.32 Å². The number of benzene rings is 2. The Balaban J connectivity index is 1.44. The highest BCUT2D eigenvalue weighted by atomic mass is 16.2. The fourth-order valence-corrected chi connectivity index (χ4v) is 5.74. The van der Waals surface area contributed by atoms with E-state index in [4.69, 9.17) is 0 Å². The van der Waals surface area contributed by atoms with Crippen LogP contribution in [0.3, 0.4) is 0 Å². The number of aryl methyl sites for hydroxylation is 1. The first kappa shape index (κ1) is 24.9. The van der Waals surface area contributed by atoms with Crippen molar-refractivity contribution in [3.8, 4) is 5.69 Å². The van der Waals surface area contributed by atoms with Gasteiger partial charge in [-0.1, -0.05) is 49.6 Å². The van der Waals surface area contributed by atoms with Crippen LogP contribution in [0.1, 0.15) is 66.8 Å². The van der Waals surface area contributed by atoms with E-state index in [-0.39, 0.29) is 11.5 Å². The molecule has 8 heteroatoms. The molecule has 3 heterocycles. The summed E-state index contributed by atoms with van der Waals surface area (Å²) < 4.78 is 3.33. The van der Waals surface area contributed by atoms with Gasteiger partial charge in [-0.15, -0.1) is 0 Å². The van der Waals surface area contributed by atoms with E-state index in [9.17, 15) is 9.59 Å². The van der Waals surface area contributed by atoms with E-state index >= 15 is 0 Å². The van der Waals surface area contributed by atoms with Crippen molar-refractivity contribution in [3.63, 3.8) is 0 Å². The van der Waals surface area contributed by atoms with Crippen molar-refractivity contribution in [2.45, 2.75) is 58.0 Å². The topological polar surface area (TPSA) is 93.3 Å². The second kappa shape index (κ2) is 10.4. The zero-order valence-corrected chi connectivity index (χ0v) is 22.2. The Kier molecular flexibility index (Phi) is 6.60. The van der Waals surface area contributed by atoms with Crippen molar-refractivity contribution < 1.29 is 4.79 Å². The van der Waals surface area contributed by atoms with Crippen molar-refractivity contribution in [1.82, 2.24) is 24.5 Å². The van der Waals surface area contributed by atoms with E-state index in [1.165, 1.54) is 19.3 Å². The molecule has 8 nitrogen and oxygen atoms in total. The third-order valence-electron chi connectivity index (χ3n) is 7.64. The van der Waals surface area contributed by atoms with E-state index in [1.54, 1.807) is 34.5 Å². The summed E-state index contributed by atoms with van der Waals surface area (Å²) in [7, 11) is 0. The number of fused-ring (bicyclic) bond motifs is 2. The van der Waals surface area contributed by atoms with Crippen molar-refractivity contribution in [1.29, 1.82) is 0 Å². The SMILES string of the molecule is Cc1nn2cccnc2c1C(=O)N[C@@H](C)c1cc2cccc(NC3CCCCC3)c2c(=O)n1-c1ccccc1. The van der Waals surface area contributed by atoms with Gasteiger partial charge in [0.05, 0.1) is 17.1 Å². The van der Waals surface area contributed by atoms with Gasteiger partial charge in [0, 0.05) is 35.5 Å². The molecule has 1 amide bonds. The minimum atomic E-state index is -0.470. The second-order valence-corrected chi connectivity index (χ2v) is 10.3. The largest absolute Gasteiger partial charge is 0.382 e. The molecule has 0 aliphatic heterocycles. The summed E-state index contributed by atoms with van der Waals surface area (Å²) in [6.07, 6.45) is 9.33. The third-order valence-corrected chi connectivity index (χ3v) is 7.64. The highest BCUT2D eigenvalue weighted by Crippen LogP contribution is 2.29. The Morgan fingerprint density at radius 3 is 2.62 bits per heavy atom. The van der Waals surface area contributed by atoms with Gasteiger partial charge >= 0.3 is 0 Å². The maximum absolute atomic E-state index is 14.2. The maximum Gasteiger partial charge on any atom is 0.265 e. The van der Waals surface area contributed by atoms with Crippen LogP contribution in [0.25, 0.3) is 22.1 Å². The van der Waals surface area contributed by atoms with Gasteiger partial charge in [0.25, 0.3) is 11.5 Å². The van der Waals surface area contributed by atoms with Gasteiger partial charge in [0.1, 0.15) is 5.56 Å². The number of carbonyl (C=O) groups excluding carboxylic acids is 1. The van der Waals surface area contributed by atoms with Gasteiger partial charge in [0.2, 0.25) is 0 Å². The second-order valence-electron chi connectivity index (χ2n) is 10.3. The van der Waals surface area contributed by atoms with E-state index in [1.807, 2.05) is 61.5 Å². The van der Waals surface area contributed by atoms with Crippen LogP contribution in [0.2, 0.25) is 0 Å². The molecule has 2 aromatic carbocycles. The van der Waals surface area contributed by atoms with Crippen molar-refractivity contribution >= 4 is 28.0 Å². The molecule has 1 aliphatic rings. The normalized spacial score (nSPS) is 14.9. The summed E-state index contributed by atoms with van der Waals surface area (Å²) in [5.41, 5.74) is 3.72. The number of amides is 1. The molecule has 39 heavy (non-hydrogen) atoms. The lowest BCUT2D eigenvalue weighted by Crippen LogP contribution is -2.32. The molecule has 1 fully saturated rings. The zero-order chi connectivity index (χ0) is 26.9. The molecule has 1 saturated carbocycles. The highest BCUT2D eigenvalue weighted by Gasteiger charge is 2.24. The fourth-order valence-electron chi connectivity index (χ4n) is 5.74. The monoisotopic (exact) mass is 520 g/mol. The summed E-state index contributed by atoms with van der Waals surface area (Å²) in [4.78, 5) is 32.1. The minimum absolute atomic E-state index is 0.109. The average Bonchev–Trinajstić information content (AvgIpc) is 3.29. The molecule has 2 N–H and O–H groups in total. The molecule has 3 aromatic heterocycles. The number of para-hydroxylation sites is 1. The molecule has 1 aliphatic carbocycles. The van der Waals surface area contributed by atoms with Crippen molar-refractivity contribution in [3.05, 3.63) is 100 Å². The van der Waals surface area contributed by atoms with Crippen molar-refractivity contribution in [2.24, 2.45) is 0 Å². The lowest BCUT2D eigenvalue weighted by atomic mass is 9.95. The number of rotatable bonds is 6. The Labute approximate surface area is 226 Å². The standard InChI is InChI=1S/C31H32N6O2/c1-20(33-30(38)27-21(2)35-36-18-10-17-32-29(27)36)26-19-22-11-9-16-25(34-23-12-5-3-6-13-23)28(22)31(39)37(26)24-14-7-4-8-15-24/h4,7-11,14-20,23,34H,3,5-6,12-13H2,1-2H3,(H,33,38)/t20-/m0/s1. The molecule has 198 valence electrons. The van der Waals surface area contributed by atoms with Gasteiger partial charge < -0.3 is 10.6 Å². The van der Waals surface area contributed by atoms with Crippen LogP contribution in [0.15, 0.2) is 77.9 Å². The molecule has 5 aromatic rings. The quantitative estimate of drug-likeness (QED) is 0.305. The predicted molar refractivity (Wildman–Crippen MR) is 154 cm³/mol. The van der Waals surface area contributed by atoms with Crippen LogP contribution >= 0.6 is 0 Å². The number of hydrogen-bond acceptors (Lipinski definition) is 5. The predicted octanol–water partition coefficient (Wildman–Crippen LogP) is 5.58. The molecule has 0 spiro atoms. The minimum Gasteiger partial charge on any atom is -0.382 e. The Hall–Kier alpha value is -4.46. The first-order chi connectivity index (χ1) is 19.0. The number of pyridine rings is 1. The van der Waals surface area contributed by atoms with Crippen LogP contribution in [-0.2, 0) is 0 Å². The lowest BCUT2D eigenvalue weighted by molar-refractivity contribution is 0.0939. The highest BCUT2D eigenvalue weighted by molar-refractivity contribution is 6.01. The van der Waals surface area contributed by atoms with Crippen LogP contribution in [0.5, 0.6) is 0 Å². The molecule has 0 radical (unpaired) electrons. The van der Waals surface area contributed by atoms with E-state index in [0.29, 0.717) is 34.0 Å². The Morgan fingerprint density at radius 2 is 1.82 bits per heavy atom. The zero-order valence-electron chi connectivity index (χ0n) is 22.2. The lowest BCUT2D eigenvalue weighted by Gasteiger charge is -2.25. The van der Waals surface area contributed by atoms with Gasteiger partial charge in [-0.2, -0.15) is 5.10 Å². The smallest absolute Gasteiger partial charge is 0.265 e. The maximum atomic E-state index is 14.2. The van der Waals surface area contributed by atoms with E-state index in [0.717, 1.165) is 29.6 Å². The summed E-state index contributed by atoms with van der Waals surface area (Å²) in [6, 6.07) is 19.2. The van der Waals surface area contributed by atoms with Crippen LogP contribution < -0.4 is 16.2 Å². The third kappa shape index (κ3) is 4.67. The molecule has 0 bridgehead atoms. The Morgan fingerprint density at radius 1 is 1.03 bits per heavy atom. The van der Waals surface area contributed by atoms with Gasteiger partial charge in [-0.3, -0.25) is 14.2 Å². The number of nitrogens with one attached hydrogen (secondary N) is 2.